The Labute approximate surface area is 84.9 Å². The van der Waals surface area contributed by atoms with Gasteiger partial charge in [0.25, 0.3) is 0 Å². The van der Waals surface area contributed by atoms with Gasteiger partial charge in [-0.05, 0) is 6.92 Å². The number of ether oxygens (including phenoxy) is 2. The highest BCUT2D eigenvalue weighted by molar-refractivity contribution is 5.76. The highest BCUT2D eigenvalue weighted by atomic mass is 16.5. The molecule has 0 rings (SSSR count). The van der Waals surface area contributed by atoms with E-state index in [1.165, 1.54) is 0 Å². The molecular formula is C9H20N2O3. The van der Waals surface area contributed by atoms with E-state index in [2.05, 4.69) is 5.32 Å². The van der Waals surface area contributed by atoms with Crippen molar-refractivity contribution in [1.29, 1.82) is 0 Å². The molecule has 2 atom stereocenters. The molecule has 0 saturated heterocycles. The minimum absolute atomic E-state index is 0.0165. The Kier molecular flexibility index (Phi) is 7.37. The lowest BCUT2D eigenvalue weighted by Crippen LogP contribution is -2.38. The van der Waals surface area contributed by atoms with Gasteiger partial charge in [0.2, 0.25) is 5.91 Å². The molecule has 0 aromatic carbocycles. The van der Waals surface area contributed by atoms with Crippen molar-refractivity contribution in [2.24, 2.45) is 5.73 Å². The maximum atomic E-state index is 11.4. The number of nitrogens with one attached hydrogen (secondary N) is 1. The molecule has 0 aliphatic carbocycles. The second-order valence-corrected chi connectivity index (χ2v) is 3.22. The molecule has 84 valence electrons. The Morgan fingerprint density at radius 2 is 2.14 bits per heavy atom. The van der Waals surface area contributed by atoms with Crippen LogP contribution in [0, 0.1) is 0 Å². The molecule has 5 nitrogen and oxygen atoms in total. The fourth-order valence-electron chi connectivity index (χ4n) is 1.10. The van der Waals surface area contributed by atoms with Crippen LogP contribution in [-0.2, 0) is 14.3 Å². The van der Waals surface area contributed by atoms with E-state index in [-0.39, 0.29) is 18.1 Å². The second-order valence-electron chi connectivity index (χ2n) is 3.22. The number of carbonyl (C=O) groups is 1. The zero-order chi connectivity index (χ0) is 11.0. The summed E-state index contributed by atoms with van der Waals surface area (Å²) in [7, 11) is 3.14. The molecule has 0 saturated carbocycles. The number of amides is 1. The summed E-state index contributed by atoms with van der Waals surface area (Å²) in [4.78, 5) is 11.4. The van der Waals surface area contributed by atoms with Crippen molar-refractivity contribution < 1.29 is 14.3 Å². The Morgan fingerprint density at radius 1 is 1.50 bits per heavy atom. The van der Waals surface area contributed by atoms with Gasteiger partial charge in [-0.15, -0.1) is 0 Å². The summed E-state index contributed by atoms with van der Waals surface area (Å²) >= 11 is 0. The van der Waals surface area contributed by atoms with E-state index in [0.29, 0.717) is 19.6 Å². The summed E-state index contributed by atoms with van der Waals surface area (Å²) in [6.07, 6.45) is 0.0888. The highest BCUT2D eigenvalue weighted by Crippen LogP contribution is 1.95. The van der Waals surface area contributed by atoms with Gasteiger partial charge in [0.1, 0.15) is 0 Å². The van der Waals surface area contributed by atoms with Crippen molar-refractivity contribution >= 4 is 5.91 Å². The predicted molar refractivity (Wildman–Crippen MR) is 53.9 cm³/mol. The third kappa shape index (κ3) is 5.90. The van der Waals surface area contributed by atoms with E-state index in [1.54, 1.807) is 14.2 Å². The van der Waals surface area contributed by atoms with Gasteiger partial charge >= 0.3 is 0 Å². The predicted octanol–water partition coefficient (Wildman–Crippen LogP) is -0.499. The van der Waals surface area contributed by atoms with Gasteiger partial charge in [-0.1, -0.05) is 0 Å². The Balaban J connectivity index is 3.73. The normalized spacial score (nSPS) is 14.9. The van der Waals surface area contributed by atoms with Gasteiger partial charge in [0.05, 0.1) is 19.1 Å². The molecule has 0 aliphatic rings. The number of methoxy groups -OCH3 is 2. The van der Waals surface area contributed by atoms with Crippen molar-refractivity contribution in [3.63, 3.8) is 0 Å². The van der Waals surface area contributed by atoms with E-state index in [4.69, 9.17) is 15.2 Å². The molecule has 0 aromatic rings. The number of rotatable bonds is 7. The largest absolute Gasteiger partial charge is 0.383 e. The first-order valence-corrected chi connectivity index (χ1v) is 4.65. The molecule has 0 spiro atoms. The maximum absolute atomic E-state index is 11.4. The third-order valence-electron chi connectivity index (χ3n) is 1.83. The van der Waals surface area contributed by atoms with Gasteiger partial charge in [-0.2, -0.15) is 0 Å². The standard InChI is InChI=1S/C9H20N2O3/c1-7(6-13-2)11-9(12)4-8(5-10)14-3/h7-8H,4-6,10H2,1-3H3,(H,11,12). The molecule has 5 heteroatoms. The minimum Gasteiger partial charge on any atom is -0.383 e. The molecule has 14 heavy (non-hydrogen) atoms. The summed E-state index contributed by atoms with van der Waals surface area (Å²) in [6.45, 7) is 2.74. The number of hydrogen-bond acceptors (Lipinski definition) is 4. The van der Waals surface area contributed by atoms with Crippen LogP contribution in [0.15, 0.2) is 0 Å². The lowest BCUT2D eigenvalue weighted by atomic mass is 10.2. The summed E-state index contributed by atoms with van der Waals surface area (Å²) in [5.74, 6) is -0.0631. The smallest absolute Gasteiger partial charge is 0.222 e. The van der Waals surface area contributed by atoms with Crippen LogP contribution in [0.3, 0.4) is 0 Å². The first-order valence-electron chi connectivity index (χ1n) is 4.65. The van der Waals surface area contributed by atoms with E-state index in [0.717, 1.165) is 0 Å². The Bertz CT molecular complexity index is 160. The van der Waals surface area contributed by atoms with Crippen molar-refractivity contribution in [1.82, 2.24) is 5.32 Å². The number of nitrogens with two attached hydrogens (primary N) is 1. The molecule has 0 heterocycles. The topological polar surface area (TPSA) is 73.6 Å². The fourth-order valence-corrected chi connectivity index (χ4v) is 1.10. The van der Waals surface area contributed by atoms with E-state index >= 15 is 0 Å². The van der Waals surface area contributed by atoms with Gasteiger partial charge in [0, 0.05) is 26.8 Å². The molecule has 2 unspecified atom stereocenters. The lowest BCUT2D eigenvalue weighted by Gasteiger charge is -2.16. The van der Waals surface area contributed by atoms with Gasteiger partial charge < -0.3 is 20.5 Å². The molecule has 1 amide bonds. The van der Waals surface area contributed by atoms with Gasteiger partial charge in [-0.25, -0.2) is 0 Å². The second kappa shape index (κ2) is 7.73. The molecule has 0 aromatic heterocycles. The Morgan fingerprint density at radius 3 is 2.57 bits per heavy atom. The van der Waals surface area contributed by atoms with Gasteiger partial charge in [0.15, 0.2) is 0 Å². The zero-order valence-corrected chi connectivity index (χ0v) is 9.08. The van der Waals surface area contributed by atoms with E-state index in [9.17, 15) is 4.79 Å². The quantitative estimate of drug-likeness (QED) is 0.586. The van der Waals surface area contributed by atoms with Crippen LogP contribution in [-0.4, -0.2) is 45.4 Å². The maximum Gasteiger partial charge on any atom is 0.222 e. The van der Waals surface area contributed by atoms with Crippen molar-refractivity contribution in [2.75, 3.05) is 27.4 Å². The highest BCUT2D eigenvalue weighted by Gasteiger charge is 2.13. The number of carbonyl (C=O) groups excluding carboxylic acids is 1. The van der Waals surface area contributed by atoms with Crippen LogP contribution in [0.5, 0.6) is 0 Å². The number of hydrogen-bond donors (Lipinski definition) is 2. The summed E-state index contributed by atoms with van der Waals surface area (Å²) < 4.78 is 9.89. The van der Waals surface area contributed by atoms with Crippen molar-refractivity contribution in [2.45, 2.75) is 25.5 Å². The summed E-state index contributed by atoms with van der Waals surface area (Å²) in [5, 5.41) is 2.78. The molecule has 0 bridgehead atoms. The van der Waals surface area contributed by atoms with E-state index < -0.39 is 0 Å². The average Bonchev–Trinajstić information content (AvgIpc) is 2.14. The zero-order valence-electron chi connectivity index (χ0n) is 9.08. The van der Waals surface area contributed by atoms with Crippen LogP contribution >= 0.6 is 0 Å². The first-order chi connectivity index (χ1) is 6.63. The van der Waals surface area contributed by atoms with Crippen LogP contribution in [0.25, 0.3) is 0 Å². The molecule has 0 fully saturated rings. The van der Waals surface area contributed by atoms with Crippen molar-refractivity contribution in [3.8, 4) is 0 Å². The van der Waals surface area contributed by atoms with Crippen LogP contribution < -0.4 is 11.1 Å². The third-order valence-corrected chi connectivity index (χ3v) is 1.83. The summed E-state index contributed by atoms with van der Waals surface area (Å²) in [5.41, 5.74) is 5.39. The molecular weight excluding hydrogens is 184 g/mol. The van der Waals surface area contributed by atoms with Gasteiger partial charge in [-0.3, -0.25) is 4.79 Å². The molecule has 0 radical (unpaired) electrons. The molecule has 3 N–H and O–H groups in total. The monoisotopic (exact) mass is 204 g/mol. The van der Waals surface area contributed by atoms with E-state index in [1.807, 2.05) is 6.92 Å². The minimum atomic E-state index is -0.204. The van der Waals surface area contributed by atoms with Crippen LogP contribution in [0.1, 0.15) is 13.3 Å². The SMILES string of the molecule is COCC(C)NC(=O)CC(CN)OC. The molecule has 0 aliphatic heterocycles. The summed E-state index contributed by atoms with van der Waals surface area (Å²) in [6, 6.07) is 0.0165. The Hall–Kier alpha value is -0.650. The van der Waals surface area contributed by atoms with Crippen molar-refractivity contribution in [3.05, 3.63) is 0 Å². The fraction of sp³-hybridized carbons (Fsp3) is 0.889. The first kappa shape index (κ1) is 13.4. The van der Waals surface area contributed by atoms with Crippen LogP contribution in [0.4, 0.5) is 0 Å². The average molecular weight is 204 g/mol. The lowest BCUT2D eigenvalue weighted by molar-refractivity contribution is -0.124. The van der Waals surface area contributed by atoms with Crippen LogP contribution in [0.2, 0.25) is 0 Å².